The van der Waals surface area contributed by atoms with Crippen molar-refractivity contribution in [3.05, 3.63) is 16.7 Å². The summed E-state index contributed by atoms with van der Waals surface area (Å²) in [5, 5.41) is 0. The molecule has 196 valence electrons. The summed E-state index contributed by atoms with van der Waals surface area (Å²) < 4.78 is 72.3. The number of nitrogens with zero attached hydrogens (tertiary/aromatic N) is 4. The van der Waals surface area contributed by atoms with Gasteiger partial charge < -0.3 is 29.9 Å². The quantitative estimate of drug-likeness (QED) is 0.162. The SMILES string of the molecule is COC1[C@H]2[C@H]([n+]3cn(C)c4c(=O)[nH]c(N)nc43)O[C@@]1(COP(=O)(O)OP(=O)(O)O)CN2S(C)(=O)=O. The zero-order chi connectivity index (χ0) is 26.1. The van der Waals surface area contributed by atoms with E-state index in [4.69, 9.17) is 29.5 Å². The van der Waals surface area contributed by atoms with Gasteiger partial charge in [0.1, 0.15) is 17.7 Å². The van der Waals surface area contributed by atoms with Crippen molar-refractivity contribution in [2.24, 2.45) is 7.05 Å². The smallest absolute Gasteiger partial charge is 0.376 e. The van der Waals surface area contributed by atoms with E-state index in [0.717, 1.165) is 10.6 Å². The number of nitrogens with two attached hydrogens (primary N) is 1. The molecule has 6 N–H and O–H groups in total. The van der Waals surface area contributed by atoms with Crippen molar-refractivity contribution in [2.45, 2.75) is 24.0 Å². The Hall–Kier alpha value is -1.76. The summed E-state index contributed by atoms with van der Waals surface area (Å²) in [4.78, 5) is 46.3. The van der Waals surface area contributed by atoms with E-state index in [1.807, 2.05) is 0 Å². The maximum atomic E-state index is 12.6. The molecule has 2 bridgehead atoms. The van der Waals surface area contributed by atoms with Gasteiger partial charge in [-0.25, -0.2) is 22.1 Å². The predicted octanol–water partition coefficient (Wildman–Crippen LogP) is -2.72. The largest absolute Gasteiger partial charge is 0.481 e. The summed E-state index contributed by atoms with van der Waals surface area (Å²) in [6.45, 7) is -1.23. The highest BCUT2D eigenvalue weighted by Crippen LogP contribution is 2.59. The van der Waals surface area contributed by atoms with E-state index < -0.39 is 61.8 Å². The number of imidazole rings is 1. The van der Waals surface area contributed by atoms with Crippen LogP contribution in [0.25, 0.3) is 11.2 Å². The number of rotatable bonds is 8. The number of hydrogen-bond acceptors (Lipinski definition) is 11. The normalized spacial score (nSPS) is 29.1. The second-order valence-corrected chi connectivity index (χ2v) is 12.9. The fraction of sp³-hybridized carbons (Fsp3) is 0.643. The van der Waals surface area contributed by atoms with Crippen LogP contribution in [0, 0.1) is 0 Å². The molecule has 2 aliphatic heterocycles. The van der Waals surface area contributed by atoms with Crippen LogP contribution in [-0.4, -0.2) is 86.2 Å². The molecule has 2 unspecified atom stereocenters. The minimum Gasteiger partial charge on any atom is -0.376 e. The molecular weight excluding hydrogens is 538 g/mol. The van der Waals surface area contributed by atoms with Crippen LogP contribution in [0.2, 0.25) is 0 Å². The van der Waals surface area contributed by atoms with Gasteiger partial charge >= 0.3 is 21.3 Å². The van der Waals surface area contributed by atoms with E-state index in [2.05, 4.69) is 14.3 Å². The van der Waals surface area contributed by atoms with Gasteiger partial charge in [0.05, 0.1) is 19.9 Å². The minimum absolute atomic E-state index is 0.0586. The average molecular weight is 561 g/mol. The van der Waals surface area contributed by atoms with Gasteiger partial charge in [-0.15, -0.1) is 0 Å². The Morgan fingerprint density at radius 2 is 2.06 bits per heavy atom. The van der Waals surface area contributed by atoms with Crippen LogP contribution in [0.1, 0.15) is 6.23 Å². The number of hydrogen-bond donors (Lipinski definition) is 5. The van der Waals surface area contributed by atoms with Gasteiger partial charge in [-0.2, -0.15) is 8.62 Å². The molecule has 2 saturated heterocycles. The molecule has 2 fully saturated rings. The van der Waals surface area contributed by atoms with Crippen molar-refractivity contribution in [3.8, 4) is 0 Å². The lowest BCUT2D eigenvalue weighted by Gasteiger charge is -2.34. The number of morpholine rings is 1. The standard InChI is InChI=1S/C14H22N6O12P2S/c1-18-6-19(10-8(18)11(21)17-13(15)16-10)12-7-9(29-2)14(31-12,4-20(7)35(3,27)28)5-30-34(25,26)32-33(22,23)24/h6-7,9,12H,4-5H2,1-3H3,(H5-,15,16,17,21,22,23,24,25,26)/p+1/t7-,9?,12+,14+/m0/s1. The number of aromatic amines is 1. The topological polar surface area (TPSA) is 250 Å². The zero-order valence-corrected chi connectivity index (χ0v) is 21.0. The van der Waals surface area contributed by atoms with Gasteiger partial charge in [0.25, 0.3) is 11.5 Å². The number of nitrogens with one attached hydrogen (secondary N) is 1. The highest BCUT2D eigenvalue weighted by Gasteiger charge is 2.69. The molecule has 2 aromatic heterocycles. The average Bonchev–Trinajstić information content (AvgIpc) is 3.29. The number of methoxy groups -OCH3 is 1. The van der Waals surface area contributed by atoms with Gasteiger partial charge in [-0.05, 0) is 0 Å². The molecule has 5 atom stereocenters. The highest BCUT2D eigenvalue weighted by molar-refractivity contribution is 7.88. The molecular formula is C14H23N6O12P2S+. The van der Waals surface area contributed by atoms with Gasteiger partial charge in [0.2, 0.25) is 21.8 Å². The molecule has 0 aromatic carbocycles. The van der Waals surface area contributed by atoms with Crippen molar-refractivity contribution >= 4 is 42.8 Å². The Bertz CT molecular complexity index is 1440. The Morgan fingerprint density at radius 3 is 2.63 bits per heavy atom. The first-order valence-corrected chi connectivity index (χ1v) is 14.5. The van der Waals surface area contributed by atoms with Crippen molar-refractivity contribution in [3.63, 3.8) is 0 Å². The van der Waals surface area contributed by atoms with E-state index in [-0.39, 0.29) is 23.7 Å². The van der Waals surface area contributed by atoms with Crippen molar-refractivity contribution in [1.29, 1.82) is 0 Å². The van der Waals surface area contributed by atoms with Gasteiger partial charge in [-0.3, -0.25) is 18.9 Å². The van der Waals surface area contributed by atoms with Crippen molar-refractivity contribution in [2.75, 3.05) is 32.3 Å². The lowest BCUT2D eigenvalue weighted by molar-refractivity contribution is -0.747. The number of ether oxygens (including phenoxy) is 2. The molecule has 2 aromatic rings. The molecule has 0 amide bonds. The van der Waals surface area contributed by atoms with Gasteiger partial charge in [-0.1, -0.05) is 4.98 Å². The van der Waals surface area contributed by atoms with E-state index >= 15 is 0 Å². The van der Waals surface area contributed by atoms with Crippen molar-refractivity contribution < 1.29 is 55.1 Å². The maximum absolute atomic E-state index is 12.6. The number of phosphoric acid groups is 2. The first kappa shape index (κ1) is 26.3. The van der Waals surface area contributed by atoms with Crippen molar-refractivity contribution in [1.82, 2.24) is 18.8 Å². The van der Waals surface area contributed by atoms with E-state index in [9.17, 15) is 27.2 Å². The first-order valence-electron chi connectivity index (χ1n) is 9.66. The maximum Gasteiger partial charge on any atom is 0.481 e. The fourth-order valence-electron chi connectivity index (χ4n) is 4.51. The van der Waals surface area contributed by atoms with E-state index in [1.54, 1.807) is 7.05 Å². The minimum atomic E-state index is -5.40. The van der Waals surface area contributed by atoms with Crippen LogP contribution >= 0.6 is 15.6 Å². The van der Waals surface area contributed by atoms with Crippen LogP contribution in [0.4, 0.5) is 5.95 Å². The summed E-state index contributed by atoms with van der Waals surface area (Å²) in [7, 11) is -11.8. The number of phosphoric ester groups is 1. The lowest BCUT2D eigenvalue weighted by Crippen LogP contribution is -2.56. The van der Waals surface area contributed by atoms with Gasteiger partial charge in [0.15, 0.2) is 6.33 Å². The Kier molecular flexibility index (Phi) is 6.31. The van der Waals surface area contributed by atoms with Crippen LogP contribution < -0.4 is 15.9 Å². The Labute approximate surface area is 197 Å². The number of aryl methyl sites for hydroxylation is 1. The third kappa shape index (κ3) is 4.70. The van der Waals surface area contributed by atoms with Crippen LogP contribution in [0.5, 0.6) is 0 Å². The molecule has 4 rings (SSSR count). The number of H-pyrrole nitrogens is 1. The molecule has 21 heteroatoms. The number of sulfonamides is 1. The second kappa shape index (κ2) is 8.39. The third-order valence-electron chi connectivity index (χ3n) is 5.66. The summed E-state index contributed by atoms with van der Waals surface area (Å²) in [6, 6.07) is -1.06. The second-order valence-electron chi connectivity index (χ2n) is 8.10. The highest BCUT2D eigenvalue weighted by atomic mass is 32.2. The third-order valence-corrected chi connectivity index (χ3v) is 9.01. The molecule has 4 heterocycles. The lowest BCUT2D eigenvalue weighted by atomic mass is 10.0. The molecule has 0 spiro atoms. The summed E-state index contributed by atoms with van der Waals surface area (Å²) in [5.41, 5.74) is 3.57. The molecule has 35 heavy (non-hydrogen) atoms. The van der Waals surface area contributed by atoms with Crippen LogP contribution in [0.3, 0.4) is 0 Å². The number of nitrogen functional groups attached to an aromatic ring is 1. The molecule has 18 nitrogen and oxygen atoms in total. The molecule has 2 aliphatic rings. The Morgan fingerprint density at radius 1 is 1.40 bits per heavy atom. The number of aromatic nitrogens is 4. The first-order chi connectivity index (χ1) is 16.0. The summed E-state index contributed by atoms with van der Waals surface area (Å²) >= 11 is 0. The summed E-state index contributed by atoms with van der Waals surface area (Å²) in [6.07, 6.45) is 0.103. The summed E-state index contributed by atoms with van der Waals surface area (Å²) in [5.74, 6) is -0.206. The molecule has 0 aliphatic carbocycles. The Balaban J connectivity index is 1.80. The van der Waals surface area contributed by atoms with Gasteiger partial charge in [0, 0.05) is 13.7 Å². The van der Waals surface area contributed by atoms with E-state index in [1.165, 1.54) is 22.6 Å². The van der Waals surface area contributed by atoms with Crippen LogP contribution in [-0.2, 0) is 44.5 Å². The fourth-order valence-corrected chi connectivity index (χ4v) is 7.26. The predicted molar refractivity (Wildman–Crippen MR) is 114 cm³/mol. The molecule has 0 saturated carbocycles. The van der Waals surface area contributed by atoms with Crippen LogP contribution in [0.15, 0.2) is 11.1 Å². The zero-order valence-electron chi connectivity index (χ0n) is 18.4. The number of fused-ring (bicyclic) bond motifs is 3. The molecule has 0 radical (unpaired) electrons. The number of anilines is 1. The van der Waals surface area contributed by atoms with E-state index in [0.29, 0.717) is 0 Å². The monoisotopic (exact) mass is 561 g/mol.